The predicted octanol–water partition coefficient (Wildman–Crippen LogP) is 4.67. The molecule has 1 aliphatic rings. The highest BCUT2D eigenvalue weighted by atomic mass is 19.1. The Kier molecular flexibility index (Phi) is 6.01. The summed E-state index contributed by atoms with van der Waals surface area (Å²) in [7, 11) is 1.70. The van der Waals surface area contributed by atoms with Crippen molar-refractivity contribution in [3.63, 3.8) is 0 Å². The Hall–Kier alpha value is -4.09. The molecule has 2 aromatic heterocycles. The average molecular weight is 472 g/mol. The monoisotopic (exact) mass is 471 g/mol. The summed E-state index contributed by atoms with van der Waals surface area (Å²) in [5.41, 5.74) is 3.74. The van der Waals surface area contributed by atoms with Crippen LogP contribution in [0.3, 0.4) is 0 Å². The third kappa shape index (κ3) is 4.38. The topological polar surface area (TPSA) is 45.7 Å². The fraction of sp³-hybridized carbons (Fsp3) is 0.222. The second-order valence-corrected chi connectivity index (χ2v) is 8.60. The lowest BCUT2D eigenvalue weighted by atomic mass is 9.96. The molecule has 0 saturated carbocycles. The minimum Gasteiger partial charge on any atom is -0.365 e. The molecule has 0 spiro atoms. The molecule has 0 unspecified atom stereocenters. The van der Waals surface area contributed by atoms with Crippen LogP contribution in [0.5, 0.6) is 0 Å². The van der Waals surface area contributed by atoms with Gasteiger partial charge < -0.3 is 14.3 Å². The number of nitrogens with zero attached hydrogens (tertiary/aromatic N) is 5. The van der Waals surface area contributed by atoms with Crippen LogP contribution in [-0.4, -0.2) is 40.6 Å². The van der Waals surface area contributed by atoms with Crippen molar-refractivity contribution in [3.05, 3.63) is 111 Å². The van der Waals surface area contributed by atoms with Gasteiger partial charge in [-0.05, 0) is 47.5 Å². The van der Waals surface area contributed by atoms with E-state index in [9.17, 15) is 13.6 Å². The Bertz CT molecular complexity index is 1420. The number of aryl methyl sites for hydroxylation is 1. The van der Waals surface area contributed by atoms with Gasteiger partial charge in [0, 0.05) is 39.3 Å². The Morgan fingerprint density at radius 1 is 0.886 bits per heavy atom. The summed E-state index contributed by atoms with van der Waals surface area (Å²) in [6.45, 7) is 9.91. The third-order valence-electron chi connectivity index (χ3n) is 6.56. The number of piperazine rings is 1. The highest BCUT2D eigenvalue weighted by Crippen LogP contribution is 2.32. The van der Waals surface area contributed by atoms with Crippen LogP contribution < -0.4 is 10.5 Å². The van der Waals surface area contributed by atoms with Crippen molar-refractivity contribution in [1.29, 1.82) is 0 Å². The van der Waals surface area contributed by atoms with Crippen molar-refractivity contribution in [2.24, 2.45) is 7.05 Å². The van der Waals surface area contributed by atoms with E-state index in [0.29, 0.717) is 42.9 Å². The van der Waals surface area contributed by atoms with E-state index in [-0.39, 0.29) is 29.1 Å². The molecular weight excluding hydrogens is 448 g/mol. The van der Waals surface area contributed by atoms with Crippen LogP contribution in [0.15, 0.2) is 71.5 Å². The molecule has 0 radical (unpaired) electrons. The molecule has 0 atom stereocenters. The Morgan fingerprint density at radius 2 is 1.46 bits per heavy atom. The lowest BCUT2D eigenvalue weighted by Crippen LogP contribution is -2.48. The van der Waals surface area contributed by atoms with E-state index in [0.717, 1.165) is 11.1 Å². The summed E-state index contributed by atoms with van der Waals surface area (Å²) in [5.74, 6) is -0.329. The van der Waals surface area contributed by atoms with Gasteiger partial charge >= 0.3 is 0 Å². The van der Waals surface area contributed by atoms with Crippen LogP contribution in [0.2, 0.25) is 0 Å². The van der Waals surface area contributed by atoms with Crippen LogP contribution in [-0.2, 0) is 7.05 Å². The highest BCUT2D eigenvalue weighted by molar-refractivity contribution is 5.89. The maximum Gasteiger partial charge on any atom is 0.270 e. The first-order chi connectivity index (χ1) is 16.9. The summed E-state index contributed by atoms with van der Waals surface area (Å²) in [6, 6.07) is 17.6. The molecule has 4 aromatic rings. The number of benzene rings is 2. The number of anilines is 1. The largest absolute Gasteiger partial charge is 0.365 e. The van der Waals surface area contributed by atoms with Gasteiger partial charge in [-0.15, -0.1) is 4.98 Å². The summed E-state index contributed by atoms with van der Waals surface area (Å²) in [5, 5.41) is 0. The first-order valence-electron chi connectivity index (χ1n) is 11.3. The Balaban J connectivity index is 1.47. The zero-order chi connectivity index (χ0) is 24.5. The molecule has 0 bridgehead atoms. The number of hydrogen-bond donors (Lipinski definition) is 0. The maximum absolute atomic E-state index is 13.6. The highest BCUT2D eigenvalue weighted by Gasteiger charge is 2.28. The summed E-state index contributed by atoms with van der Waals surface area (Å²) in [6.07, 6.45) is 0. The number of pyridine rings is 2. The van der Waals surface area contributed by atoms with E-state index >= 15 is 0 Å². The molecule has 1 fully saturated rings. The maximum atomic E-state index is 13.6. The van der Waals surface area contributed by atoms with Crippen molar-refractivity contribution < 1.29 is 8.78 Å². The first kappa shape index (κ1) is 22.7. The number of fused-ring (bicyclic) bond motifs is 1. The Labute approximate surface area is 201 Å². The number of aromatic nitrogens is 2. The van der Waals surface area contributed by atoms with Crippen LogP contribution in [0.4, 0.5) is 20.3 Å². The van der Waals surface area contributed by atoms with E-state index in [1.165, 1.54) is 28.8 Å². The molecule has 35 heavy (non-hydrogen) atoms. The van der Waals surface area contributed by atoms with Gasteiger partial charge in [-0.25, -0.2) is 8.78 Å². The van der Waals surface area contributed by atoms with Gasteiger partial charge in [-0.2, -0.15) is 0 Å². The first-order valence-corrected chi connectivity index (χ1v) is 11.3. The molecule has 8 heteroatoms. The third-order valence-corrected chi connectivity index (χ3v) is 6.56. The van der Waals surface area contributed by atoms with E-state index in [4.69, 9.17) is 6.57 Å². The van der Waals surface area contributed by atoms with Crippen LogP contribution in [0, 0.1) is 18.2 Å². The molecule has 6 nitrogen and oxygen atoms in total. The minimum atomic E-state index is -0.305. The van der Waals surface area contributed by atoms with Crippen molar-refractivity contribution in [2.45, 2.75) is 6.04 Å². The molecule has 2 aromatic carbocycles. The van der Waals surface area contributed by atoms with E-state index in [1.807, 2.05) is 0 Å². The lowest BCUT2D eigenvalue weighted by Gasteiger charge is -2.40. The van der Waals surface area contributed by atoms with Gasteiger partial charge in [-0.1, -0.05) is 30.8 Å². The van der Waals surface area contributed by atoms with Gasteiger partial charge in [0.2, 0.25) is 5.52 Å². The molecule has 1 aliphatic heterocycles. The SMILES string of the molecule is [C-]#[N+]c1ccc2c(n1)c(N1CCN(C(c3ccc(F)cc3)c3ccc(F)cc3)CC1)cc(=O)n2C. The minimum absolute atomic E-state index is 0.136. The van der Waals surface area contributed by atoms with E-state index in [1.54, 1.807) is 49.5 Å². The second kappa shape index (κ2) is 9.28. The van der Waals surface area contributed by atoms with Crippen molar-refractivity contribution in [3.8, 4) is 0 Å². The fourth-order valence-electron chi connectivity index (χ4n) is 4.73. The molecular formula is C27H23F2N5O. The van der Waals surface area contributed by atoms with Crippen LogP contribution in [0.1, 0.15) is 17.2 Å². The van der Waals surface area contributed by atoms with Gasteiger partial charge in [0.05, 0.1) is 17.2 Å². The smallest absolute Gasteiger partial charge is 0.270 e. The van der Waals surface area contributed by atoms with E-state index in [2.05, 4.69) is 19.6 Å². The van der Waals surface area contributed by atoms with Gasteiger partial charge in [0.1, 0.15) is 11.6 Å². The Morgan fingerprint density at radius 3 is 2.00 bits per heavy atom. The molecule has 5 rings (SSSR count). The van der Waals surface area contributed by atoms with Crippen molar-refractivity contribution >= 4 is 22.5 Å². The predicted molar refractivity (Wildman–Crippen MR) is 132 cm³/mol. The van der Waals surface area contributed by atoms with Crippen molar-refractivity contribution in [2.75, 3.05) is 31.1 Å². The number of halogens is 2. The molecule has 0 aliphatic carbocycles. The lowest BCUT2D eigenvalue weighted by molar-refractivity contribution is 0.212. The molecule has 0 amide bonds. The number of hydrogen-bond acceptors (Lipinski definition) is 4. The van der Waals surface area contributed by atoms with Crippen LogP contribution in [0.25, 0.3) is 15.9 Å². The molecule has 3 heterocycles. The number of rotatable bonds is 4. The zero-order valence-corrected chi connectivity index (χ0v) is 19.2. The molecule has 176 valence electrons. The fourth-order valence-corrected chi connectivity index (χ4v) is 4.73. The average Bonchev–Trinajstić information content (AvgIpc) is 2.89. The quantitative estimate of drug-likeness (QED) is 0.406. The summed E-state index contributed by atoms with van der Waals surface area (Å²) >= 11 is 0. The zero-order valence-electron chi connectivity index (χ0n) is 19.2. The van der Waals surface area contributed by atoms with Gasteiger partial charge in [0.15, 0.2) is 0 Å². The van der Waals surface area contributed by atoms with Gasteiger partial charge in [-0.3, -0.25) is 9.69 Å². The van der Waals surface area contributed by atoms with Crippen LogP contribution >= 0.6 is 0 Å². The second-order valence-electron chi connectivity index (χ2n) is 8.60. The summed E-state index contributed by atoms with van der Waals surface area (Å²) < 4.78 is 28.8. The van der Waals surface area contributed by atoms with Gasteiger partial charge in [0.25, 0.3) is 11.4 Å². The molecule has 0 N–H and O–H groups in total. The standard InChI is InChI=1S/C27H23F2N5O/c1-30-24-12-11-22-26(31-24)23(17-25(35)32(22)2)33-13-15-34(16-14-33)27(18-3-7-20(28)8-4-18)19-5-9-21(29)10-6-19/h3-12,17,27H,13-16H2,2H3. The summed E-state index contributed by atoms with van der Waals surface area (Å²) in [4.78, 5) is 25.0. The van der Waals surface area contributed by atoms with E-state index < -0.39 is 0 Å². The normalized spacial score (nSPS) is 14.4. The molecule has 1 saturated heterocycles. The van der Waals surface area contributed by atoms with Crippen molar-refractivity contribution in [1.82, 2.24) is 14.5 Å².